The van der Waals surface area contributed by atoms with Crippen LogP contribution < -0.4 is 5.11 Å². The topological polar surface area (TPSA) is 71.5 Å². The molecule has 82 valence electrons. The third kappa shape index (κ3) is 2.17. The molecule has 0 spiro atoms. The molecule has 0 amide bonds. The Morgan fingerprint density at radius 3 is 2.94 bits per heavy atom. The van der Waals surface area contributed by atoms with Crippen LogP contribution in [0.25, 0.3) is 0 Å². The Morgan fingerprint density at radius 2 is 2.31 bits per heavy atom. The van der Waals surface area contributed by atoms with E-state index in [4.69, 9.17) is 5.11 Å². The van der Waals surface area contributed by atoms with Crippen molar-refractivity contribution < 1.29 is 14.9 Å². The standard InChI is InChI=1S/C10H9N3O2S/c1-13(12-10-11-4-5-16-10)8-3-2-7(14)6-9(8)15/h2-6H,1H3,(H-,11,12,14,15). The van der Waals surface area contributed by atoms with Crippen molar-refractivity contribution in [2.24, 2.45) is 5.11 Å². The first-order chi connectivity index (χ1) is 7.66. The van der Waals surface area contributed by atoms with Gasteiger partial charge in [-0.1, -0.05) is 16.0 Å². The highest BCUT2D eigenvalue weighted by Gasteiger charge is 2.08. The van der Waals surface area contributed by atoms with Gasteiger partial charge in [-0.25, -0.2) is 4.98 Å². The number of aromatic hydroxyl groups is 1. The third-order valence-electron chi connectivity index (χ3n) is 1.95. The Labute approximate surface area is 96.0 Å². The summed E-state index contributed by atoms with van der Waals surface area (Å²) in [6.07, 6.45) is 1.65. The molecular formula is C10H9N3O2S. The fourth-order valence-corrected chi connectivity index (χ4v) is 1.75. The van der Waals surface area contributed by atoms with Crippen LogP contribution in [0.2, 0.25) is 0 Å². The molecule has 1 aromatic heterocycles. The van der Waals surface area contributed by atoms with Gasteiger partial charge in [0.2, 0.25) is 5.69 Å². The van der Waals surface area contributed by atoms with Gasteiger partial charge in [0.05, 0.1) is 0 Å². The van der Waals surface area contributed by atoms with Crippen molar-refractivity contribution in [3.8, 4) is 11.5 Å². The second kappa shape index (κ2) is 4.28. The van der Waals surface area contributed by atoms with Gasteiger partial charge in [-0.05, 0) is 17.9 Å². The van der Waals surface area contributed by atoms with Crippen molar-refractivity contribution >= 4 is 22.2 Å². The SMILES string of the molecule is C[N+](=Nc1nccs1)c1ccc(O)cc1[O-]. The van der Waals surface area contributed by atoms with Gasteiger partial charge >= 0.3 is 0 Å². The number of rotatable bonds is 2. The monoisotopic (exact) mass is 235 g/mol. The molecule has 0 radical (unpaired) electrons. The maximum atomic E-state index is 11.5. The van der Waals surface area contributed by atoms with E-state index in [0.29, 0.717) is 10.8 Å². The Balaban J connectivity index is 2.37. The van der Waals surface area contributed by atoms with Crippen molar-refractivity contribution in [3.05, 3.63) is 29.8 Å². The number of benzene rings is 1. The molecule has 0 fully saturated rings. The molecule has 5 nitrogen and oxygen atoms in total. The van der Waals surface area contributed by atoms with Crippen LogP contribution in [0, 0.1) is 0 Å². The summed E-state index contributed by atoms with van der Waals surface area (Å²) in [4.78, 5) is 3.99. The number of thiazole rings is 1. The van der Waals surface area contributed by atoms with E-state index < -0.39 is 0 Å². The minimum atomic E-state index is -0.275. The van der Waals surface area contributed by atoms with Crippen LogP contribution in [-0.2, 0) is 0 Å². The van der Waals surface area contributed by atoms with Crippen molar-refractivity contribution in [1.29, 1.82) is 0 Å². The van der Waals surface area contributed by atoms with Crippen LogP contribution >= 0.6 is 11.3 Å². The van der Waals surface area contributed by atoms with E-state index in [0.717, 1.165) is 6.07 Å². The summed E-state index contributed by atoms with van der Waals surface area (Å²) < 4.78 is 1.45. The molecule has 1 N–H and O–H groups in total. The lowest BCUT2D eigenvalue weighted by atomic mass is 10.3. The molecule has 16 heavy (non-hydrogen) atoms. The number of hydrogen-bond donors (Lipinski definition) is 1. The van der Waals surface area contributed by atoms with E-state index in [9.17, 15) is 5.11 Å². The lowest BCUT2D eigenvalue weighted by molar-refractivity contribution is -0.483. The average Bonchev–Trinajstić information content (AvgIpc) is 2.70. The van der Waals surface area contributed by atoms with Gasteiger partial charge in [-0.2, -0.15) is 0 Å². The predicted molar refractivity (Wildman–Crippen MR) is 57.6 cm³/mol. The minimum Gasteiger partial charge on any atom is -0.868 e. The first-order valence-corrected chi connectivity index (χ1v) is 5.39. The molecule has 0 saturated carbocycles. The summed E-state index contributed by atoms with van der Waals surface area (Å²) in [7, 11) is 1.66. The van der Waals surface area contributed by atoms with E-state index in [1.54, 1.807) is 13.2 Å². The molecule has 0 unspecified atom stereocenters. The molecule has 0 atom stereocenters. The predicted octanol–water partition coefficient (Wildman–Crippen LogP) is 1.98. The van der Waals surface area contributed by atoms with Crippen molar-refractivity contribution in [3.63, 3.8) is 0 Å². The fraction of sp³-hybridized carbons (Fsp3) is 0.100. The van der Waals surface area contributed by atoms with Gasteiger partial charge in [0.25, 0.3) is 5.13 Å². The van der Waals surface area contributed by atoms with E-state index >= 15 is 0 Å². The summed E-state index contributed by atoms with van der Waals surface area (Å²) in [5, 5.41) is 27.2. The first kappa shape index (κ1) is 10.6. The lowest BCUT2D eigenvalue weighted by Gasteiger charge is -2.06. The van der Waals surface area contributed by atoms with Gasteiger partial charge < -0.3 is 10.2 Å². The number of nitrogens with zero attached hydrogens (tertiary/aromatic N) is 3. The molecule has 2 rings (SSSR count). The molecular weight excluding hydrogens is 226 g/mol. The van der Waals surface area contributed by atoms with Gasteiger partial charge in [0.1, 0.15) is 5.75 Å². The minimum absolute atomic E-state index is 0.0450. The Bertz CT molecular complexity index is 523. The summed E-state index contributed by atoms with van der Waals surface area (Å²) in [6, 6.07) is 4.13. The fourth-order valence-electron chi connectivity index (χ4n) is 1.22. The van der Waals surface area contributed by atoms with Crippen LogP contribution in [0.5, 0.6) is 11.5 Å². The smallest absolute Gasteiger partial charge is 0.275 e. The highest BCUT2D eigenvalue weighted by Crippen LogP contribution is 2.28. The van der Waals surface area contributed by atoms with E-state index in [-0.39, 0.29) is 11.5 Å². The summed E-state index contributed by atoms with van der Waals surface area (Å²) in [6.45, 7) is 0. The first-order valence-electron chi connectivity index (χ1n) is 4.52. The maximum Gasteiger partial charge on any atom is 0.275 e. The van der Waals surface area contributed by atoms with Crippen LogP contribution in [0.1, 0.15) is 0 Å². The molecule has 1 aromatic carbocycles. The van der Waals surface area contributed by atoms with Crippen LogP contribution in [0.4, 0.5) is 10.8 Å². The van der Waals surface area contributed by atoms with Crippen LogP contribution in [0.3, 0.4) is 0 Å². The number of phenols is 1. The zero-order chi connectivity index (χ0) is 11.5. The summed E-state index contributed by atoms with van der Waals surface area (Å²) in [5.41, 5.74) is 0.396. The van der Waals surface area contributed by atoms with E-state index in [2.05, 4.69) is 10.1 Å². The van der Waals surface area contributed by atoms with Gasteiger partial charge in [-0.3, -0.25) is 0 Å². The number of phenolic OH excluding ortho intramolecular Hbond substituents is 1. The van der Waals surface area contributed by atoms with E-state index in [1.165, 1.54) is 28.2 Å². The van der Waals surface area contributed by atoms with Crippen molar-refractivity contribution in [2.75, 3.05) is 7.05 Å². The molecule has 0 aliphatic heterocycles. The highest BCUT2D eigenvalue weighted by molar-refractivity contribution is 7.13. The zero-order valence-corrected chi connectivity index (χ0v) is 9.31. The number of aromatic nitrogens is 1. The quantitative estimate of drug-likeness (QED) is 0.639. The summed E-state index contributed by atoms with van der Waals surface area (Å²) in [5.74, 6) is -0.320. The number of hydrogen-bond acceptors (Lipinski definition) is 5. The normalized spacial score (nSPS) is 11.7. The Kier molecular flexibility index (Phi) is 2.82. The summed E-state index contributed by atoms with van der Waals surface area (Å²) >= 11 is 1.38. The number of azo groups is 2. The molecule has 2 aromatic rings. The molecule has 1 heterocycles. The molecule has 0 saturated heterocycles. The van der Waals surface area contributed by atoms with Gasteiger partial charge in [0.15, 0.2) is 7.05 Å². The Morgan fingerprint density at radius 1 is 1.50 bits per heavy atom. The second-order valence-electron chi connectivity index (χ2n) is 3.09. The van der Waals surface area contributed by atoms with Gasteiger partial charge in [-0.15, -0.1) is 0 Å². The highest BCUT2D eigenvalue weighted by atomic mass is 32.1. The molecule has 6 heteroatoms. The van der Waals surface area contributed by atoms with E-state index in [1.807, 2.05) is 5.38 Å². The van der Waals surface area contributed by atoms with Crippen molar-refractivity contribution in [1.82, 2.24) is 4.98 Å². The average molecular weight is 235 g/mol. The van der Waals surface area contributed by atoms with Crippen LogP contribution in [-0.4, -0.2) is 21.8 Å². The molecule has 0 aliphatic rings. The maximum absolute atomic E-state index is 11.5. The van der Waals surface area contributed by atoms with Crippen LogP contribution in [0.15, 0.2) is 34.9 Å². The van der Waals surface area contributed by atoms with Gasteiger partial charge in [0, 0.05) is 22.8 Å². The zero-order valence-electron chi connectivity index (χ0n) is 8.49. The molecule has 0 bridgehead atoms. The van der Waals surface area contributed by atoms with Crippen molar-refractivity contribution in [2.45, 2.75) is 0 Å². The molecule has 0 aliphatic carbocycles. The second-order valence-corrected chi connectivity index (χ2v) is 3.96. The Hall–Kier alpha value is -1.95. The lowest BCUT2D eigenvalue weighted by Crippen LogP contribution is -1.99. The largest absolute Gasteiger partial charge is 0.868 e. The third-order valence-corrected chi connectivity index (χ3v) is 2.60.